The highest BCUT2D eigenvalue weighted by molar-refractivity contribution is 5.69. The number of aliphatic carboxylic acids is 1. The smallest absolute Gasteiger partial charge is 0.418 e. The van der Waals surface area contributed by atoms with Crippen LogP contribution in [-0.4, -0.2) is 16.1 Å². The van der Waals surface area contributed by atoms with E-state index in [0.29, 0.717) is 6.07 Å². The molecule has 0 amide bonds. The Bertz CT molecular complexity index is 390. The molecular formula is C8H7F3N2O2. The third-order valence-electron chi connectivity index (χ3n) is 1.63. The number of anilines is 1. The van der Waals surface area contributed by atoms with Crippen molar-refractivity contribution in [3.63, 3.8) is 0 Å². The SMILES string of the molecule is Nc1cnc(CC(=O)O)cc1C(F)(F)F. The van der Waals surface area contributed by atoms with Gasteiger partial charge in [-0.05, 0) is 6.07 Å². The van der Waals surface area contributed by atoms with Crippen molar-refractivity contribution in [2.75, 3.05) is 5.73 Å². The van der Waals surface area contributed by atoms with Crippen molar-refractivity contribution in [2.45, 2.75) is 12.6 Å². The van der Waals surface area contributed by atoms with Crippen molar-refractivity contribution in [3.05, 3.63) is 23.5 Å². The second-order valence-electron chi connectivity index (χ2n) is 2.83. The lowest BCUT2D eigenvalue weighted by Crippen LogP contribution is -2.12. The molecule has 0 aliphatic rings. The van der Waals surface area contributed by atoms with Gasteiger partial charge in [-0.3, -0.25) is 9.78 Å². The molecule has 0 aliphatic carbocycles. The van der Waals surface area contributed by atoms with Gasteiger partial charge in [-0.2, -0.15) is 13.2 Å². The zero-order chi connectivity index (χ0) is 11.6. The summed E-state index contributed by atoms with van der Waals surface area (Å²) in [7, 11) is 0. The summed E-state index contributed by atoms with van der Waals surface area (Å²) in [5, 5.41) is 8.38. The monoisotopic (exact) mass is 220 g/mol. The van der Waals surface area contributed by atoms with E-state index in [1.165, 1.54) is 0 Å². The molecule has 0 saturated carbocycles. The number of hydrogen-bond acceptors (Lipinski definition) is 3. The molecule has 0 fully saturated rings. The maximum absolute atomic E-state index is 12.3. The van der Waals surface area contributed by atoms with Crippen molar-refractivity contribution >= 4 is 11.7 Å². The van der Waals surface area contributed by atoms with Crippen LogP contribution in [0.25, 0.3) is 0 Å². The van der Waals surface area contributed by atoms with Gasteiger partial charge in [0.15, 0.2) is 0 Å². The fraction of sp³-hybridized carbons (Fsp3) is 0.250. The number of carboxylic acid groups (broad SMARTS) is 1. The number of aromatic nitrogens is 1. The fourth-order valence-electron chi connectivity index (χ4n) is 1.01. The van der Waals surface area contributed by atoms with Crippen molar-refractivity contribution in [3.8, 4) is 0 Å². The summed E-state index contributed by atoms with van der Waals surface area (Å²) in [5.74, 6) is -1.25. The lowest BCUT2D eigenvalue weighted by Gasteiger charge is -2.10. The molecule has 1 aromatic rings. The number of hydrogen-bond donors (Lipinski definition) is 2. The number of pyridine rings is 1. The molecule has 0 bridgehead atoms. The van der Waals surface area contributed by atoms with E-state index < -0.39 is 29.8 Å². The van der Waals surface area contributed by atoms with Crippen LogP contribution in [-0.2, 0) is 17.4 Å². The molecule has 82 valence electrons. The lowest BCUT2D eigenvalue weighted by molar-refractivity contribution is -0.138. The molecule has 1 rings (SSSR count). The van der Waals surface area contributed by atoms with Crippen LogP contribution in [0.5, 0.6) is 0 Å². The Kier molecular flexibility index (Phi) is 2.83. The molecule has 0 aliphatic heterocycles. The number of nitrogens with zero attached hydrogens (tertiary/aromatic N) is 1. The number of rotatable bonds is 2. The number of carbonyl (C=O) groups is 1. The molecule has 0 radical (unpaired) electrons. The number of halogens is 3. The molecule has 15 heavy (non-hydrogen) atoms. The summed E-state index contributed by atoms with van der Waals surface area (Å²) in [6, 6.07) is 0.642. The maximum atomic E-state index is 12.3. The minimum atomic E-state index is -4.60. The first-order valence-electron chi connectivity index (χ1n) is 3.84. The van der Waals surface area contributed by atoms with Crippen LogP contribution < -0.4 is 5.73 Å². The summed E-state index contributed by atoms with van der Waals surface area (Å²) >= 11 is 0. The maximum Gasteiger partial charge on any atom is 0.418 e. The van der Waals surface area contributed by atoms with E-state index in [1.807, 2.05) is 0 Å². The standard InChI is InChI=1S/C8H7F3N2O2/c9-8(10,11)5-1-4(2-7(14)15)13-3-6(5)12/h1,3H,2,12H2,(H,14,15). The molecule has 0 unspecified atom stereocenters. The lowest BCUT2D eigenvalue weighted by atomic mass is 10.1. The highest BCUT2D eigenvalue weighted by atomic mass is 19.4. The van der Waals surface area contributed by atoms with Crippen molar-refractivity contribution in [2.24, 2.45) is 0 Å². The minimum absolute atomic E-state index is 0.177. The third kappa shape index (κ3) is 2.83. The molecule has 4 nitrogen and oxygen atoms in total. The van der Waals surface area contributed by atoms with Gasteiger partial charge in [-0.15, -0.1) is 0 Å². The highest BCUT2D eigenvalue weighted by Crippen LogP contribution is 2.33. The quantitative estimate of drug-likeness (QED) is 0.787. The Morgan fingerprint density at radius 1 is 1.53 bits per heavy atom. The first-order chi connectivity index (χ1) is 6.80. The Hall–Kier alpha value is -1.79. The second kappa shape index (κ2) is 3.76. The molecule has 0 atom stereocenters. The number of alkyl halides is 3. The molecule has 0 saturated heterocycles. The molecular weight excluding hydrogens is 213 g/mol. The average molecular weight is 220 g/mol. The molecule has 3 N–H and O–H groups in total. The summed E-state index contributed by atoms with van der Waals surface area (Å²) in [6.07, 6.45) is -4.36. The van der Waals surface area contributed by atoms with Gasteiger partial charge < -0.3 is 10.8 Å². The topological polar surface area (TPSA) is 76.2 Å². The van der Waals surface area contributed by atoms with Crippen LogP contribution in [0.2, 0.25) is 0 Å². The first-order valence-corrected chi connectivity index (χ1v) is 3.84. The van der Waals surface area contributed by atoms with E-state index in [4.69, 9.17) is 10.8 Å². The van der Waals surface area contributed by atoms with E-state index in [0.717, 1.165) is 6.20 Å². The summed E-state index contributed by atoms with van der Waals surface area (Å²) in [4.78, 5) is 13.7. The van der Waals surface area contributed by atoms with Crippen LogP contribution in [0, 0.1) is 0 Å². The van der Waals surface area contributed by atoms with Crippen LogP contribution >= 0.6 is 0 Å². The fourth-order valence-corrected chi connectivity index (χ4v) is 1.01. The average Bonchev–Trinajstić information content (AvgIpc) is 2.05. The highest BCUT2D eigenvalue weighted by Gasteiger charge is 2.33. The van der Waals surface area contributed by atoms with Gasteiger partial charge in [0.2, 0.25) is 0 Å². The van der Waals surface area contributed by atoms with Gasteiger partial charge in [0.05, 0.1) is 29.6 Å². The Morgan fingerprint density at radius 3 is 2.60 bits per heavy atom. The summed E-state index contributed by atoms with van der Waals surface area (Å²) < 4.78 is 36.9. The molecule has 0 spiro atoms. The van der Waals surface area contributed by atoms with Crippen LogP contribution in [0.4, 0.5) is 18.9 Å². The van der Waals surface area contributed by atoms with Gasteiger partial charge in [-0.25, -0.2) is 0 Å². The van der Waals surface area contributed by atoms with Crippen molar-refractivity contribution in [1.29, 1.82) is 0 Å². The zero-order valence-corrected chi connectivity index (χ0v) is 7.38. The van der Waals surface area contributed by atoms with Gasteiger partial charge in [0.25, 0.3) is 0 Å². The first kappa shape index (κ1) is 11.3. The summed E-state index contributed by atoms with van der Waals surface area (Å²) in [6.45, 7) is 0. The summed E-state index contributed by atoms with van der Waals surface area (Å²) in [5.41, 5.74) is 3.32. The van der Waals surface area contributed by atoms with Gasteiger partial charge in [0, 0.05) is 0 Å². The predicted molar refractivity (Wildman–Crippen MR) is 45.0 cm³/mol. The Labute approximate surface area is 82.5 Å². The Morgan fingerprint density at radius 2 is 2.13 bits per heavy atom. The van der Waals surface area contributed by atoms with E-state index >= 15 is 0 Å². The molecule has 0 aromatic carbocycles. The van der Waals surface area contributed by atoms with Crippen LogP contribution in [0.1, 0.15) is 11.3 Å². The van der Waals surface area contributed by atoms with E-state index in [1.54, 1.807) is 0 Å². The van der Waals surface area contributed by atoms with Crippen LogP contribution in [0.15, 0.2) is 12.3 Å². The van der Waals surface area contributed by atoms with E-state index in [9.17, 15) is 18.0 Å². The van der Waals surface area contributed by atoms with Crippen molar-refractivity contribution in [1.82, 2.24) is 4.98 Å². The van der Waals surface area contributed by atoms with E-state index in [-0.39, 0.29) is 5.69 Å². The number of carboxylic acids is 1. The predicted octanol–water partition coefficient (Wildman–Crippen LogP) is 1.31. The number of nitrogen functional groups attached to an aromatic ring is 1. The van der Waals surface area contributed by atoms with Gasteiger partial charge in [-0.1, -0.05) is 0 Å². The number of nitrogens with two attached hydrogens (primary N) is 1. The zero-order valence-electron chi connectivity index (χ0n) is 7.38. The minimum Gasteiger partial charge on any atom is -0.481 e. The molecule has 7 heteroatoms. The third-order valence-corrected chi connectivity index (χ3v) is 1.63. The van der Waals surface area contributed by atoms with E-state index in [2.05, 4.69) is 4.98 Å². The normalized spacial score (nSPS) is 11.4. The largest absolute Gasteiger partial charge is 0.481 e. The second-order valence-corrected chi connectivity index (χ2v) is 2.83. The molecule has 1 aromatic heterocycles. The van der Waals surface area contributed by atoms with Crippen molar-refractivity contribution < 1.29 is 23.1 Å². The van der Waals surface area contributed by atoms with Crippen LogP contribution in [0.3, 0.4) is 0 Å². The van der Waals surface area contributed by atoms with Gasteiger partial charge >= 0.3 is 12.1 Å². The van der Waals surface area contributed by atoms with Gasteiger partial charge in [0.1, 0.15) is 0 Å². The Balaban J connectivity index is 3.11. The molecule has 1 heterocycles.